The van der Waals surface area contributed by atoms with E-state index in [0.29, 0.717) is 19.4 Å². The number of nitrogens with zero attached hydrogens (tertiary/aromatic N) is 2. The van der Waals surface area contributed by atoms with Crippen molar-refractivity contribution in [2.24, 2.45) is 0 Å². The van der Waals surface area contributed by atoms with Crippen LogP contribution in [0.3, 0.4) is 0 Å². The van der Waals surface area contributed by atoms with Gasteiger partial charge in [-0.3, -0.25) is 15.0 Å². The maximum Gasteiger partial charge on any atom is 0.412 e. The van der Waals surface area contributed by atoms with E-state index in [2.05, 4.69) is 0 Å². The van der Waals surface area contributed by atoms with Gasteiger partial charge in [0.05, 0.1) is 9.82 Å². The number of benzene rings is 1. The van der Waals surface area contributed by atoms with Crippen molar-refractivity contribution in [2.75, 3.05) is 6.54 Å². The number of amides is 1. The van der Waals surface area contributed by atoms with E-state index in [9.17, 15) is 23.3 Å². The molecule has 1 amide bonds. The van der Waals surface area contributed by atoms with Gasteiger partial charge in [-0.2, -0.15) is 8.42 Å². The van der Waals surface area contributed by atoms with E-state index in [1.54, 1.807) is 20.8 Å². The van der Waals surface area contributed by atoms with Crippen molar-refractivity contribution in [2.45, 2.75) is 50.3 Å². The minimum atomic E-state index is -4.17. The summed E-state index contributed by atoms with van der Waals surface area (Å²) in [7, 11) is -4.17. The zero-order valence-corrected chi connectivity index (χ0v) is 15.0. The lowest BCUT2D eigenvalue weighted by molar-refractivity contribution is -0.384. The number of likely N-dealkylation sites (tertiary alicyclic amines) is 1. The third-order valence-corrected chi connectivity index (χ3v) is 4.72. The number of rotatable bonds is 4. The van der Waals surface area contributed by atoms with Crippen molar-refractivity contribution in [3.05, 3.63) is 34.4 Å². The van der Waals surface area contributed by atoms with Crippen LogP contribution >= 0.6 is 0 Å². The summed E-state index contributed by atoms with van der Waals surface area (Å²) in [4.78, 5) is 23.2. The van der Waals surface area contributed by atoms with Crippen molar-refractivity contribution in [3.8, 4) is 0 Å². The number of hydrogen-bond donors (Lipinski definition) is 0. The number of hydrogen-bond acceptors (Lipinski definition) is 7. The Morgan fingerprint density at radius 3 is 2.40 bits per heavy atom. The van der Waals surface area contributed by atoms with Crippen LogP contribution in [0.4, 0.5) is 10.5 Å². The van der Waals surface area contributed by atoms with E-state index in [0.717, 1.165) is 24.3 Å². The first-order valence-corrected chi connectivity index (χ1v) is 9.08. The number of ether oxygens (including phenoxy) is 1. The first-order chi connectivity index (χ1) is 11.5. The number of non-ortho nitro benzene ring substituents is 1. The zero-order valence-electron chi connectivity index (χ0n) is 14.2. The fourth-order valence-electron chi connectivity index (χ4n) is 2.30. The molecule has 1 aromatic rings. The van der Waals surface area contributed by atoms with Crippen LogP contribution < -0.4 is 0 Å². The Morgan fingerprint density at radius 1 is 1.28 bits per heavy atom. The predicted octanol–water partition coefficient (Wildman–Crippen LogP) is 2.66. The molecule has 1 aromatic carbocycles. The first kappa shape index (κ1) is 19.1. The van der Waals surface area contributed by atoms with Gasteiger partial charge in [0, 0.05) is 18.7 Å². The molecule has 2 rings (SSSR count). The summed E-state index contributed by atoms with van der Waals surface area (Å²) in [6.07, 6.45) is -0.672. The first-order valence-electron chi connectivity index (χ1n) is 7.67. The molecule has 1 fully saturated rings. The third kappa shape index (κ3) is 4.89. The molecule has 9 nitrogen and oxygen atoms in total. The van der Waals surface area contributed by atoms with Gasteiger partial charge in [0.1, 0.15) is 5.60 Å². The van der Waals surface area contributed by atoms with E-state index in [4.69, 9.17) is 8.92 Å². The quantitative estimate of drug-likeness (QED) is 0.453. The average molecular weight is 372 g/mol. The van der Waals surface area contributed by atoms with Gasteiger partial charge in [-0.1, -0.05) is 0 Å². The summed E-state index contributed by atoms with van der Waals surface area (Å²) in [5.74, 6) is 0. The molecule has 25 heavy (non-hydrogen) atoms. The van der Waals surface area contributed by atoms with E-state index in [1.165, 1.54) is 4.90 Å². The van der Waals surface area contributed by atoms with E-state index >= 15 is 0 Å². The minimum absolute atomic E-state index is 0.214. The van der Waals surface area contributed by atoms with E-state index in [1.807, 2.05) is 0 Å². The second-order valence-corrected chi connectivity index (χ2v) is 8.14. The van der Waals surface area contributed by atoms with Crippen LogP contribution in [0.2, 0.25) is 0 Å². The second kappa shape index (κ2) is 6.96. The van der Waals surface area contributed by atoms with Crippen LogP contribution in [-0.2, 0) is 19.0 Å². The van der Waals surface area contributed by atoms with Crippen molar-refractivity contribution in [3.63, 3.8) is 0 Å². The summed E-state index contributed by atoms with van der Waals surface area (Å²) in [6.45, 7) is 5.47. The smallest absolute Gasteiger partial charge is 0.412 e. The highest BCUT2D eigenvalue weighted by Crippen LogP contribution is 2.26. The summed E-state index contributed by atoms with van der Waals surface area (Å²) < 4.78 is 35.1. The molecular weight excluding hydrogens is 352 g/mol. The zero-order chi connectivity index (χ0) is 18.8. The predicted molar refractivity (Wildman–Crippen MR) is 87.3 cm³/mol. The number of carbonyl (C=O) groups excluding carboxylic acids is 1. The molecule has 1 saturated heterocycles. The lowest BCUT2D eigenvalue weighted by Crippen LogP contribution is -2.41. The van der Waals surface area contributed by atoms with Crippen molar-refractivity contribution in [1.82, 2.24) is 4.90 Å². The van der Waals surface area contributed by atoms with Crippen molar-refractivity contribution in [1.29, 1.82) is 0 Å². The van der Waals surface area contributed by atoms with Gasteiger partial charge >= 0.3 is 6.09 Å². The lowest BCUT2D eigenvalue weighted by Gasteiger charge is -2.28. The number of nitro benzene ring substituents is 1. The average Bonchev–Trinajstić information content (AvgIpc) is 2.93. The Bertz CT molecular complexity index is 753. The van der Waals surface area contributed by atoms with E-state index < -0.39 is 33.0 Å². The number of carbonyl (C=O) groups is 1. The highest BCUT2D eigenvalue weighted by Gasteiger charge is 2.36. The van der Waals surface area contributed by atoms with Crippen LogP contribution in [0, 0.1) is 10.1 Å². The van der Waals surface area contributed by atoms with Crippen LogP contribution in [0.5, 0.6) is 0 Å². The number of nitro groups is 1. The summed E-state index contributed by atoms with van der Waals surface area (Å²) in [6, 6.07) is 4.35. The van der Waals surface area contributed by atoms with Crippen molar-refractivity contribution >= 4 is 21.9 Å². The third-order valence-electron chi connectivity index (χ3n) is 3.40. The maximum absolute atomic E-state index is 12.4. The van der Waals surface area contributed by atoms with Gasteiger partial charge in [-0.15, -0.1) is 0 Å². The standard InChI is InChI=1S/C15H20N2O7S/c1-15(2,3)23-14(18)16-10-4-5-13(16)24-25(21,22)12-8-6-11(7-9-12)17(19)20/h6-9,13H,4-5,10H2,1-3H3. The van der Waals surface area contributed by atoms with Gasteiger partial charge in [0.2, 0.25) is 0 Å². The molecule has 0 radical (unpaired) electrons. The molecular formula is C15H20N2O7S. The van der Waals surface area contributed by atoms with Crippen LogP contribution in [-0.4, -0.2) is 42.7 Å². The molecule has 1 heterocycles. The molecule has 0 N–H and O–H groups in total. The van der Waals surface area contributed by atoms with Gasteiger partial charge in [-0.25, -0.2) is 8.98 Å². The van der Waals surface area contributed by atoms with Gasteiger partial charge in [0.15, 0.2) is 6.23 Å². The van der Waals surface area contributed by atoms with Crippen LogP contribution in [0.25, 0.3) is 0 Å². The minimum Gasteiger partial charge on any atom is -0.444 e. The van der Waals surface area contributed by atoms with Gasteiger partial charge in [-0.05, 0) is 45.7 Å². The SMILES string of the molecule is CC(C)(C)OC(=O)N1CCCC1OS(=O)(=O)c1ccc([N+](=O)[O-])cc1. The molecule has 10 heteroatoms. The Balaban J connectivity index is 2.13. The molecule has 1 aliphatic heterocycles. The highest BCUT2D eigenvalue weighted by atomic mass is 32.2. The fourth-order valence-corrected chi connectivity index (χ4v) is 3.37. The van der Waals surface area contributed by atoms with Crippen molar-refractivity contribution < 1.29 is 27.1 Å². The topological polar surface area (TPSA) is 116 Å². The molecule has 0 aliphatic carbocycles. The van der Waals surface area contributed by atoms with Gasteiger partial charge < -0.3 is 4.74 Å². The molecule has 1 unspecified atom stereocenters. The molecule has 1 aliphatic rings. The van der Waals surface area contributed by atoms with E-state index in [-0.39, 0.29) is 10.6 Å². The fraction of sp³-hybridized carbons (Fsp3) is 0.533. The molecule has 0 aromatic heterocycles. The summed E-state index contributed by atoms with van der Waals surface area (Å²) in [5.41, 5.74) is -0.934. The molecule has 0 bridgehead atoms. The lowest BCUT2D eigenvalue weighted by atomic mass is 10.2. The summed E-state index contributed by atoms with van der Waals surface area (Å²) in [5, 5.41) is 10.6. The molecule has 138 valence electrons. The molecule has 1 atom stereocenters. The Labute approximate surface area is 145 Å². The Kier molecular flexibility index (Phi) is 5.33. The maximum atomic E-state index is 12.4. The monoisotopic (exact) mass is 372 g/mol. The Morgan fingerprint density at radius 2 is 1.88 bits per heavy atom. The summed E-state index contributed by atoms with van der Waals surface area (Å²) >= 11 is 0. The van der Waals surface area contributed by atoms with Crippen LogP contribution in [0.15, 0.2) is 29.2 Å². The largest absolute Gasteiger partial charge is 0.444 e. The van der Waals surface area contributed by atoms with Gasteiger partial charge in [0.25, 0.3) is 15.8 Å². The molecule has 0 spiro atoms. The van der Waals surface area contributed by atoms with Crippen LogP contribution in [0.1, 0.15) is 33.6 Å². The highest BCUT2D eigenvalue weighted by molar-refractivity contribution is 7.86. The Hall–Kier alpha value is -2.20. The normalized spacial score (nSPS) is 18.2. The molecule has 0 saturated carbocycles. The second-order valence-electron chi connectivity index (χ2n) is 6.57.